The average molecular weight is 705 g/mol. The van der Waals surface area contributed by atoms with E-state index in [-0.39, 0.29) is 23.0 Å². The minimum Gasteiger partial charge on any atom is -0.419 e. The zero-order valence-corrected chi connectivity index (χ0v) is 28.5. The first-order valence-electron chi connectivity index (χ1n) is 16.0. The maximum atomic E-state index is 16.3. The van der Waals surface area contributed by atoms with Gasteiger partial charge in [-0.1, -0.05) is 127 Å². The highest BCUT2D eigenvalue weighted by Crippen LogP contribution is 2.56. The van der Waals surface area contributed by atoms with Crippen LogP contribution in [0, 0.1) is 0 Å². The molecule has 50 heavy (non-hydrogen) atoms. The second-order valence-corrected chi connectivity index (χ2v) is 15.9. The quantitative estimate of drug-likeness (QED) is 0.118. The molecule has 2 aliphatic rings. The molecule has 0 fully saturated rings. The van der Waals surface area contributed by atoms with Crippen molar-refractivity contribution in [2.24, 2.45) is 0 Å². The van der Waals surface area contributed by atoms with E-state index in [1.54, 1.807) is 13.0 Å². The van der Waals surface area contributed by atoms with Crippen LogP contribution in [0.2, 0.25) is 0 Å². The summed E-state index contributed by atoms with van der Waals surface area (Å²) in [6.07, 6.45) is -1.25. The molecule has 4 nitrogen and oxygen atoms in total. The SMILES string of the molecule is C/C=C/C1(F)Oc2ccc(P(c3ccccc3)c3ccccc3)c(-c3c(P(c4ccccc4)c4ccccc4)ccc4c3OC(F)(F)O4)c2O1. The summed E-state index contributed by atoms with van der Waals surface area (Å²) in [5.41, 5.74) is 0.732. The van der Waals surface area contributed by atoms with Crippen LogP contribution in [0.15, 0.2) is 158 Å². The first kappa shape index (κ1) is 32.1. The molecule has 0 radical (unpaired) electrons. The molecule has 0 bridgehead atoms. The van der Waals surface area contributed by atoms with Gasteiger partial charge in [-0.25, -0.2) is 0 Å². The van der Waals surface area contributed by atoms with Gasteiger partial charge in [0.2, 0.25) is 0 Å². The minimum atomic E-state index is -3.92. The molecule has 0 amide bonds. The van der Waals surface area contributed by atoms with Crippen LogP contribution >= 0.6 is 15.8 Å². The molecule has 2 aliphatic heterocycles. The van der Waals surface area contributed by atoms with E-state index in [2.05, 4.69) is 0 Å². The van der Waals surface area contributed by atoms with E-state index < -0.39 is 28.2 Å². The molecule has 0 spiro atoms. The molecule has 0 saturated carbocycles. The van der Waals surface area contributed by atoms with Crippen LogP contribution < -0.4 is 50.8 Å². The van der Waals surface area contributed by atoms with Gasteiger partial charge in [-0.2, -0.15) is 4.39 Å². The normalized spacial score (nSPS) is 17.2. The van der Waals surface area contributed by atoms with Crippen LogP contribution in [0.3, 0.4) is 0 Å². The Hall–Kier alpha value is -5.09. The Morgan fingerprint density at radius 1 is 0.460 bits per heavy atom. The third kappa shape index (κ3) is 5.91. The molecule has 1 atom stereocenters. The van der Waals surface area contributed by atoms with Crippen molar-refractivity contribution in [1.82, 2.24) is 0 Å². The van der Waals surface area contributed by atoms with E-state index in [0.29, 0.717) is 16.4 Å². The Labute approximate surface area is 290 Å². The number of allylic oxidation sites excluding steroid dienone is 1. The fraction of sp³-hybridized carbons (Fsp3) is 0.0732. The molecule has 1 unspecified atom stereocenters. The summed E-state index contributed by atoms with van der Waals surface area (Å²) in [6.45, 7) is 1.66. The molecular formula is C41H29F3O4P2. The highest BCUT2D eigenvalue weighted by atomic mass is 31.1. The fourth-order valence-corrected chi connectivity index (χ4v) is 11.2. The maximum absolute atomic E-state index is 16.3. The summed E-state index contributed by atoms with van der Waals surface area (Å²) in [5.74, 6) is -0.0509. The topological polar surface area (TPSA) is 36.9 Å². The zero-order chi connectivity index (χ0) is 34.3. The number of hydrogen-bond acceptors (Lipinski definition) is 4. The Morgan fingerprint density at radius 2 is 0.840 bits per heavy atom. The fourth-order valence-electron chi connectivity index (χ4n) is 6.33. The van der Waals surface area contributed by atoms with Gasteiger partial charge in [-0.15, -0.1) is 8.78 Å². The van der Waals surface area contributed by atoms with E-state index in [9.17, 15) is 0 Å². The van der Waals surface area contributed by atoms with Crippen molar-refractivity contribution >= 4 is 47.7 Å². The third-order valence-corrected chi connectivity index (χ3v) is 13.3. The first-order chi connectivity index (χ1) is 24.3. The van der Waals surface area contributed by atoms with Gasteiger partial charge in [0, 0.05) is 17.2 Å². The van der Waals surface area contributed by atoms with Crippen molar-refractivity contribution < 1.29 is 32.1 Å². The number of alkyl halides is 3. The highest BCUT2D eigenvalue weighted by Gasteiger charge is 2.48. The second-order valence-electron chi connectivity index (χ2n) is 11.5. The number of benzene rings is 6. The molecule has 0 N–H and O–H groups in total. The molecule has 9 heteroatoms. The van der Waals surface area contributed by atoms with Gasteiger partial charge < -0.3 is 18.9 Å². The summed E-state index contributed by atoms with van der Waals surface area (Å²) in [6, 6.07) is 44.0. The van der Waals surface area contributed by atoms with Crippen molar-refractivity contribution in [1.29, 1.82) is 0 Å². The zero-order valence-electron chi connectivity index (χ0n) is 26.7. The molecule has 0 saturated heterocycles. The summed E-state index contributed by atoms with van der Waals surface area (Å²) in [4.78, 5) is 0. The monoisotopic (exact) mass is 704 g/mol. The molecule has 6 aromatic rings. The van der Waals surface area contributed by atoms with E-state index >= 15 is 13.2 Å². The molecule has 2 heterocycles. The van der Waals surface area contributed by atoms with Crippen LogP contribution in [-0.2, 0) is 0 Å². The van der Waals surface area contributed by atoms with E-state index in [4.69, 9.17) is 18.9 Å². The number of rotatable bonds is 8. The van der Waals surface area contributed by atoms with Crippen molar-refractivity contribution in [3.05, 3.63) is 158 Å². The van der Waals surface area contributed by atoms with Crippen molar-refractivity contribution in [3.63, 3.8) is 0 Å². The van der Waals surface area contributed by atoms with E-state index in [1.165, 1.54) is 18.2 Å². The van der Waals surface area contributed by atoms with Crippen molar-refractivity contribution in [3.8, 4) is 34.1 Å². The smallest absolute Gasteiger partial charge is 0.419 e. The van der Waals surface area contributed by atoms with Gasteiger partial charge in [0.05, 0.1) is 0 Å². The minimum absolute atomic E-state index is 0.0898. The van der Waals surface area contributed by atoms with Gasteiger partial charge in [0.25, 0.3) is 0 Å². The maximum Gasteiger partial charge on any atom is 0.586 e. The molecule has 248 valence electrons. The predicted molar refractivity (Wildman–Crippen MR) is 195 cm³/mol. The second kappa shape index (κ2) is 13.0. The Bertz CT molecular complexity index is 2110. The van der Waals surface area contributed by atoms with Gasteiger partial charge in [-0.3, -0.25) is 0 Å². The lowest BCUT2D eigenvalue weighted by Crippen LogP contribution is -2.30. The number of fused-ring (bicyclic) bond motifs is 2. The Morgan fingerprint density at radius 3 is 1.24 bits per heavy atom. The lowest BCUT2D eigenvalue weighted by Gasteiger charge is -2.27. The summed E-state index contributed by atoms with van der Waals surface area (Å²) < 4.78 is 68.9. The first-order valence-corrected chi connectivity index (χ1v) is 18.6. The average Bonchev–Trinajstić information content (AvgIpc) is 3.65. The number of hydrogen-bond donors (Lipinski definition) is 0. The van der Waals surface area contributed by atoms with Crippen LogP contribution in [-0.4, -0.2) is 12.3 Å². The van der Waals surface area contributed by atoms with Gasteiger partial charge in [0.1, 0.15) is 0 Å². The van der Waals surface area contributed by atoms with Crippen LogP contribution in [0.25, 0.3) is 11.1 Å². The van der Waals surface area contributed by atoms with E-state index in [1.807, 2.05) is 133 Å². The summed E-state index contributed by atoms with van der Waals surface area (Å²) in [7, 11) is -2.74. The standard InChI is InChI=1S/C41H29F3O4P2/c1-2-27-40(42)45-32-23-25-34(49(28-15-7-3-8-16-28)29-17-9-4-10-18-29)36(38(32)47-40)37-35(26-24-33-39(37)48-41(43,44)46-33)50(30-19-11-5-12-20-30)31-21-13-6-14-22-31/h2-27H,1H3/b27-2+. The molecule has 0 aliphatic carbocycles. The van der Waals surface area contributed by atoms with Crippen LogP contribution in [0.4, 0.5) is 13.2 Å². The summed E-state index contributed by atoms with van der Waals surface area (Å²) >= 11 is 0. The Kier molecular flexibility index (Phi) is 8.34. The largest absolute Gasteiger partial charge is 0.586 e. The van der Waals surface area contributed by atoms with Crippen molar-refractivity contribution in [2.45, 2.75) is 19.3 Å². The van der Waals surface area contributed by atoms with Crippen molar-refractivity contribution in [2.75, 3.05) is 0 Å². The number of ether oxygens (including phenoxy) is 4. The van der Waals surface area contributed by atoms with E-state index in [0.717, 1.165) is 26.5 Å². The highest BCUT2D eigenvalue weighted by molar-refractivity contribution is 7.80. The van der Waals surface area contributed by atoms with Gasteiger partial charge in [-0.05, 0) is 78.9 Å². The number of halogens is 3. The molecule has 0 aromatic heterocycles. The predicted octanol–water partition coefficient (Wildman–Crippen LogP) is 8.16. The Balaban J connectivity index is 1.50. The van der Waals surface area contributed by atoms with Gasteiger partial charge >= 0.3 is 12.3 Å². The molecule has 6 aromatic carbocycles. The van der Waals surface area contributed by atoms with Crippen LogP contribution in [0.1, 0.15) is 6.92 Å². The third-order valence-electron chi connectivity index (χ3n) is 8.29. The molecule has 8 rings (SSSR count). The molecular weight excluding hydrogens is 675 g/mol. The summed E-state index contributed by atoms with van der Waals surface area (Å²) in [5, 5.41) is 5.41. The van der Waals surface area contributed by atoms with Crippen LogP contribution in [0.5, 0.6) is 23.0 Å². The van der Waals surface area contributed by atoms with Gasteiger partial charge in [0.15, 0.2) is 23.0 Å². The lowest BCUT2D eigenvalue weighted by molar-refractivity contribution is -0.286. The lowest BCUT2D eigenvalue weighted by atomic mass is 10.0.